The lowest BCUT2D eigenvalue weighted by Crippen LogP contribution is -2.24. The van der Waals surface area contributed by atoms with E-state index in [4.69, 9.17) is 19.5 Å². The number of esters is 1. The molecule has 0 spiro atoms. The smallest absolute Gasteiger partial charge is 0.331 e. The first kappa shape index (κ1) is 16.6. The van der Waals surface area contributed by atoms with Crippen LogP contribution in [0.5, 0.6) is 0 Å². The van der Waals surface area contributed by atoms with Crippen LogP contribution in [0, 0.1) is 11.3 Å². The fourth-order valence-electron chi connectivity index (χ4n) is 1.07. The maximum Gasteiger partial charge on any atom is 0.331 e. The summed E-state index contributed by atoms with van der Waals surface area (Å²) in [5.41, 5.74) is 0. The predicted octanol–water partition coefficient (Wildman–Crippen LogP) is 1.83. The highest BCUT2D eigenvalue weighted by atomic mass is 16.6. The first-order chi connectivity index (χ1) is 8.60. The number of nitriles is 1. The van der Waals surface area contributed by atoms with Crippen molar-refractivity contribution in [2.75, 3.05) is 19.8 Å². The van der Waals surface area contributed by atoms with Crippen LogP contribution in [-0.2, 0) is 19.0 Å². The summed E-state index contributed by atoms with van der Waals surface area (Å²) >= 11 is 0. The fourth-order valence-corrected chi connectivity index (χ4v) is 1.07. The van der Waals surface area contributed by atoms with Crippen molar-refractivity contribution in [3.8, 4) is 6.07 Å². The van der Waals surface area contributed by atoms with Gasteiger partial charge in [-0.25, -0.2) is 4.79 Å². The number of carbonyl (C=O) groups excluding carboxylic acids is 1. The maximum atomic E-state index is 11.0. The van der Waals surface area contributed by atoms with Crippen LogP contribution in [0.4, 0.5) is 0 Å². The first-order valence-corrected chi connectivity index (χ1v) is 6.06. The summed E-state index contributed by atoms with van der Waals surface area (Å²) < 4.78 is 15.8. The van der Waals surface area contributed by atoms with Crippen LogP contribution in [0.3, 0.4) is 0 Å². The Kier molecular flexibility index (Phi) is 9.93. The summed E-state index contributed by atoms with van der Waals surface area (Å²) in [4.78, 5) is 11.0. The van der Waals surface area contributed by atoms with Gasteiger partial charge in [0, 0.05) is 18.8 Å². The molecule has 0 aromatic carbocycles. The second-order valence-corrected chi connectivity index (χ2v) is 3.92. The van der Waals surface area contributed by atoms with Crippen LogP contribution in [-0.4, -0.2) is 38.0 Å². The number of carbonyl (C=O) groups is 1. The second-order valence-electron chi connectivity index (χ2n) is 3.92. The number of hydrogen-bond donors (Lipinski definition) is 0. The molecule has 0 amide bonds. The minimum Gasteiger partial charge on any atom is -0.460 e. The van der Waals surface area contributed by atoms with E-state index in [2.05, 4.69) is 0 Å². The Morgan fingerprint density at radius 3 is 2.56 bits per heavy atom. The Hall–Kier alpha value is -1.38. The Labute approximate surface area is 108 Å². The molecule has 0 aromatic rings. The van der Waals surface area contributed by atoms with Crippen LogP contribution in [0.1, 0.15) is 27.2 Å². The summed E-state index contributed by atoms with van der Waals surface area (Å²) in [6.07, 6.45) is 2.97. The minimum absolute atomic E-state index is 0.0292. The normalized spacial score (nSPS) is 14.1. The molecule has 0 bridgehead atoms. The molecule has 2 atom stereocenters. The van der Waals surface area contributed by atoms with Gasteiger partial charge in [0.25, 0.3) is 0 Å². The van der Waals surface area contributed by atoms with Crippen LogP contribution in [0.25, 0.3) is 0 Å². The van der Waals surface area contributed by atoms with Crippen LogP contribution in [0.15, 0.2) is 12.2 Å². The van der Waals surface area contributed by atoms with E-state index in [0.717, 1.165) is 18.6 Å². The van der Waals surface area contributed by atoms with E-state index < -0.39 is 5.97 Å². The molecular formula is C13H21NO4. The average molecular weight is 255 g/mol. The van der Waals surface area contributed by atoms with Crippen molar-refractivity contribution >= 4 is 5.97 Å². The van der Waals surface area contributed by atoms with Crippen molar-refractivity contribution in [2.24, 2.45) is 0 Å². The topological polar surface area (TPSA) is 68.6 Å². The molecule has 0 saturated heterocycles. The lowest BCUT2D eigenvalue weighted by atomic mass is 10.4. The third-order valence-electron chi connectivity index (χ3n) is 1.98. The van der Waals surface area contributed by atoms with Gasteiger partial charge in [0.05, 0.1) is 24.9 Å². The molecule has 5 heteroatoms. The van der Waals surface area contributed by atoms with Crippen molar-refractivity contribution in [1.29, 1.82) is 5.26 Å². The zero-order chi connectivity index (χ0) is 13.8. The number of allylic oxidation sites excluding steroid dienone is 1. The van der Waals surface area contributed by atoms with Gasteiger partial charge >= 0.3 is 5.97 Å². The lowest BCUT2D eigenvalue weighted by Gasteiger charge is -2.17. The van der Waals surface area contributed by atoms with Gasteiger partial charge < -0.3 is 14.2 Å². The van der Waals surface area contributed by atoms with E-state index in [9.17, 15) is 4.79 Å². The molecule has 0 fully saturated rings. The minimum atomic E-state index is -0.540. The Balaban J connectivity index is 3.65. The number of rotatable bonds is 9. The van der Waals surface area contributed by atoms with Gasteiger partial charge in [0.1, 0.15) is 6.61 Å². The zero-order valence-electron chi connectivity index (χ0n) is 11.2. The first-order valence-electron chi connectivity index (χ1n) is 6.06. The third-order valence-corrected chi connectivity index (χ3v) is 1.98. The average Bonchev–Trinajstić information content (AvgIpc) is 2.37. The van der Waals surface area contributed by atoms with Crippen molar-refractivity contribution < 1.29 is 19.0 Å². The summed E-state index contributed by atoms with van der Waals surface area (Å²) in [5.74, 6) is -0.540. The quantitative estimate of drug-likeness (QED) is 0.357. The largest absolute Gasteiger partial charge is 0.460 e. The van der Waals surface area contributed by atoms with Gasteiger partial charge in [0.2, 0.25) is 0 Å². The molecule has 2 unspecified atom stereocenters. The molecule has 0 aromatic heterocycles. The highest BCUT2D eigenvalue weighted by molar-refractivity contribution is 5.82. The Morgan fingerprint density at radius 1 is 1.28 bits per heavy atom. The highest BCUT2D eigenvalue weighted by Gasteiger charge is 2.08. The maximum absolute atomic E-state index is 11.0. The molecule has 0 aliphatic rings. The van der Waals surface area contributed by atoms with Crippen LogP contribution < -0.4 is 0 Å². The molecule has 0 rings (SSSR count). The molecule has 0 saturated carbocycles. The zero-order valence-corrected chi connectivity index (χ0v) is 11.2. The molecule has 102 valence electrons. The van der Waals surface area contributed by atoms with Gasteiger partial charge in [-0.05, 0) is 20.3 Å². The molecule has 18 heavy (non-hydrogen) atoms. The summed E-state index contributed by atoms with van der Waals surface area (Å²) in [6.45, 7) is 7.14. The molecule has 0 radical (unpaired) electrons. The molecular weight excluding hydrogens is 234 g/mol. The van der Waals surface area contributed by atoms with E-state index in [1.807, 2.05) is 20.8 Å². The van der Waals surface area contributed by atoms with E-state index >= 15 is 0 Å². The van der Waals surface area contributed by atoms with Gasteiger partial charge in [-0.1, -0.05) is 6.92 Å². The standard InChI is InChI=1S/C13H21NO4/c1-4-8-16-11(2)9-17-12(3)10-18-13(15)6-5-7-14/h5-6,11-12H,4,8-10H2,1-3H3. The number of hydrogen-bond acceptors (Lipinski definition) is 5. The number of ether oxygens (including phenoxy) is 3. The van der Waals surface area contributed by atoms with E-state index in [0.29, 0.717) is 13.2 Å². The van der Waals surface area contributed by atoms with Crippen molar-refractivity contribution in [3.63, 3.8) is 0 Å². The number of nitrogens with zero attached hydrogens (tertiary/aromatic N) is 1. The van der Waals surface area contributed by atoms with E-state index in [1.54, 1.807) is 6.07 Å². The van der Waals surface area contributed by atoms with Crippen molar-refractivity contribution in [3.05, 3.63) is 12.2 Å². The molecule has 5 nitrogen and oxygen atoms in total. The van der Waals surface area contributed by atoms with Crippen molar-refractivity contribution in [2.45, 2.75) is 39.4 Å². The molecule has 0 N–H and O–H groups in total. The van der Waals surface area contributed by atoms with E-state index in [-0.39, 0.29) is 18.8 Å². The van der Waals surface area contributed by atoms with Crippen molar-refractivity contribution in [1.82, 2.24) is 0 Å². The molecule has 0 heterocycles. The summed E-state index contributed by atoms with van der Waals surface area (Å²) in [7, 11) is 0. The van der Waals surface area contributed by atoms with Crippen LogP contribution >= 0.6 is 0 Å². The third kappa shape index (κ3) is 9.82. The summed E-state index contributed by atoms with van der Waals surface area (Å²) in [6, 6.07) is 1.72. The molecule has 0 aliphatic heterocycles. The van der Waals surface area contributed by atoms with Crippen LogP contribution in [0.2, 0.25) is 0 Å². The lowest BCUT2D eigenvalue weighted by molar-refractivity contribution is -0.142. The fraction of sp³-hybridized carbons (Fsp3) is 0.692. The van der Waals surface area contributed by atoms with Gasteiger partial charge in [-0.3, -0.25) is 0 Å². The van der Waals surface area contributed by atoms with Gasteiger partial charge in [-0.15, -0.1) is 0 Å². The van der Waals surface area contributed by atoms with Gasteiger partial charge in [-0.2, -0.15) is 5.26 Å². The van der Waals surface area contributed by atoms with E-state index in [1.165, 1.54) is 0 Å². The Morgan fingerprint density at radius 2 is 1.94 bits per heavy atom. The molecule has 0 aliphatic carbocycles. The monoisotopic (exact) mass is 255 g/mol. The highest BCUT2D eigenvalue weighted by Crippen LogP contribution is 1.99. The second kappa shape index (κ2) is 10.8. The van der Waals surface area contributed by atoms with Gasteiger partial charge in [0.15, 0.2) is 0 Å². The summed E-state index contributed by atoms with van der Waals surface area (Å²) in [5, 5.41) is 8.23. The predicted molar refractivity (Wildman–Crippen MR) is 66.8 cm³/mol. The Bertz CT molecular complexity index is 296. The SMILES string of the molecule is CCCOC(C)COC(C)COC(=O)C=CC#N.